The van der Waals surface area contributed by atoms with Crippen molar-refractivity contribution in [1.82, 2.24) is 10.2 Å². The molecule has 172 valence electrons. The molecule has 3 heterocycles. The molecular formula is C28H30Cl2N2O. The first-order valence-corrected chi connectivity index (χ1v) is 12.5. The molecule has 0 spiro atoms. The summed E-state index contributed by atoms with van der Waals surface area (Å²) in [5, 5.41) is 5.26. The number of fused-ring (bicyclic) bond motifs is 3. The molecule has 6 rings (SSSR count). The average Bonchev–Trinajstić information content (AvgIpc) is 2.85. The quantitative estimate of drug-likeness (QED) is 0.419. The molecule has 0 aromatic heterocycles. The fraction of sp³-hybridized carbons (Fsp3) is 0.357. The number of methoxy groups -OCH3 is 1. The van der Waals surface area contributed by atoms with E-state index in [-0.39, 0.29) is 0 Å². The normalized spacial score (nSPS) is 24.1. The molecule has 3 aliphatic rings. The molecule has 3 saturated heterocycles. The number of halogens is 2. The monoisotopic (exact) mass is 480 g/mol. The summed E-state index contributed by atoms with van der Waals surface area (Å²) < 4.78 is 5.57. The predicted octanol–water partition coefficient (Wildman–Crippen LogP) is 6.46. The van der Waals surface area contributed by atoms with Gasteiger partial charge in [-0.15, -0.1) is 0 Å². The Labute approximate surface area is 206 Å². The van der Waals surface area contributed by atoms with Crippen LogP contribution in [0.1, 0.15) is 24.0 Å². The van der Waals surface area contributed by atoms with Crippen LogP contribution in [-0.2, 0) is 13.0 Å². The molecule has 2 unspecified atom stereocenters. The maximum Gasteiger partial charge on any atom is 0.123 e. The Hall–Kier alpha value is -2.04. The summed E-state index contributed by atoms with van der Waals surface area (Å²) in [5.74, 6) is 1.70. The summed E-state index contributed by atoms with van der Waals surface area (Å²) in [4.78, 5) is 2.68. The molecule has 3 aliphatic heterocycles. The number of nitrogens with one attached hydrogen (secondary N) is 1. The van der Waals surface area contributed by atoms with Gasteiger partial charge in [-0.1, -0.05) is 71.7 Å². The Bertz CT molecular complexity index is 1090. The molecule has 0 amide bonds. The van der Waals surface area contributed by atoms with Crippen molar-refractivity contribution in [3.63, 3.8) is 0 Å². The standard InChI is InChI=1S/C28H30Cl2N2O/c1-33-27-5-3-2-4-22(27)18-31-28-21-12-14-32(15-13-21)26(28)16-19-6-8-20(9-7-19)24-11-10-23(29)17-25(24)30/h2-11,17,21,26,28,31H,12-16,18H2,1H3. The molecule has 0 saturated carbocycles. The third-order valence-electron chi connectivity index (χ3n) is 7.33. The van der Waals surface area contributed by atoms with Crippen LogP contribution in [0.3, 0.4) is 0 Å². The number of ether oxygens (including phenoxy) is 1. The fourth-order valence-corrected chi connectivity index (χ4v) is 6.09. The summed E-state index contributed by atoms with van der Waals surface area (Å²) in [5.41, 5.74) is 4.73. The van der Waals surface area contributed by atoms with E-state index >= 15 is 0 Å². The van der Waals surface area contributed by atoms with Crippen molar-refractivity contribution in [3.8, 4) is 16.9 Å². The van der Waals surface area contributed by atoms with E-state index < -0.39 is 0 Å². The SMILES string of the molecule is COc1ccccc1CNC1C2CCN(CC2)C1Cc1ccc(-c2ccc(Cl)cc2Cl)cc1. The molecule has 0 aliphatic carbocycles. The number of nitrogens with zero attached hydrogens (tertiary/aromatic N) is 1. The Balaban J connectivity index is 1.31. The van der Waals surface area contributed by atoms with E-state index in [2.05, 4.69) is 46.6 Å². The van der Waals surface area contributed by atoms with Gasteiger partial charge in [0.15, 0.2) is 0 Å². The summed E-state index contributed by atoms with van der Waals surface area (Å²) in [6, 6.07) is 23.9. The van der Waals surface area contributed by atoms with Crippen molar-refractivity contribution in [2.24, 2.45) is 5.92 Å². The van der Waals surface area contributed by atoms with Crippen LogP contribution in [0.2, 0.25) is 10.0 Å². The van der Waals surface area contributed by atoms with Crippen molar-refractivity contribution in [3.05, 3.63) is 87.9 Å². The Morgan fingerprint density at radius 2 is 1.73 bits per heavy atom. The smallest absolute Gasteiger partial charge is 0.123 e. The molecule has 0 radical (unpaired) electrons. The number of para-hydroxylation sites is 1. The molecule has 3 nitrogen and oxygen atoms in total. The van der Waals surface area contributed by atoms with Crippen molar-refractivity contribution in [1.29, 1.82) is 0 Å². The van der Waals surface area contributed by atoms with E-state index in [4.69, 9.17) is 27.9 Å². The van der Waals surface area contributed by atoms with Gasteiger partial charge in [-0.2, -0.15) is 0 Å². The van der Waals surface area contributed by atoms with Crippen LogP contribution in [0.15, 0.2) is 66.7 Å². The van der Waals surface area contributed by atoms with Crippen LogP contribution < -0.4 is 10.1 Å². The second-order valence-corrected chi connectivity index (χ2v) is 10.0. The van der Waals surface area contributed by atoms with E-state index in [1.54, 1.807) is 13.2 Å². The molecule has 3 fully saturated rings. The van der Waals surface area contributed by atoms with Crippen LogP contribution in [0, 0.1) is 5.92 Å². The molecule has 2 atom stereocenters. The Kier molecular flexibility index (Phi) is 6.94. The van der Waals surface area contributed by atoms with Crippen molar-refractivity contribution < 1.29 is 4.74 Å². The lowest BCUT2D eigenvalue weighted by atomic mass is 9.76. The largest absolute Gasteiger partial charge is 0.496 e. The van der Waals surface area contributed by atoms with Gasteiger partial charge in [-0.25, -0.2) is 0 Å². The second kappa shape index (κ2) is 10.1. The maximum atomic E-state index is 6.42. The van der Waals surface area contributed by atoms with Gasteiger partial charge in [0.25, 0.3) is 0 Å². The highest BCUT2D eigenvalue weighted by molar-refractivity contribution is 6.36. The van der Waals surface area contributed by atoms with E-state index in [0.717, 1.165) is 35.8 Å². The summed E-state index contributed by atoms with van der Waals surface area (Å²) >= 11 is 12.5. The molecular weight excluding hydrogens is 451 g/mol. The minimum absolute atomic E-state index is 0.489. The summed E-state index contributed by atoms with van der Waals surface area (Å²) in [7, 11) is 1.75. The first-order valence-electron chi connectivity index (χ1n) is 11.8. The van der Waals surface area contributed by atoms with Crippen molar-refractivity contribution in [2.45, 2.75) is 37.9 Å². The molecule has 3 aromatic rings. The fourth-order valence-electron chi connectivity index (χ4n) is 5.57. The summed E-state index contributed by atoms with van der Waals surface area (Å²) in [6.07, 6.45) is 3.62. The van der Waals surface area contributed by atoms with Crippen LogP contribution >= 0.6 is 23.2 Å². The van der Waals surface area contributed by atoms with Gasteiger partial charge in [-0.3, -0.25) is 4.90 Å². The number of hydrogen-bond donors (Lipinski definition) is 1. The van der Waals surface area contributed by atoms with Gasteiger partial charge in [0.2, 0.25) is 0 Å². The van der Waals surface area contributed by atoms with Gasteiger partial charge < -0.3 is 10.1 Å². The van der Waals surface area contributed by atoms with Crippen LogP contribution in [-0.4, -0.2) is 37.2 Å². The van der Waals surface area contributed by atoms with Crippen molar-refractivity contribution in [2.75, 3.05) is 20.2 Å². The maximum absolute atomic E-state index is 6.42. The molecule has 3 aromatic carbocycles. The van der Waals surface area contributed by atoms with Gasteiger partial charge in [0, 0.05) is 39.8 Å². The molecule has 2 bridgehead atoms. The zero-order valence-electron chi connectivity index (χ0n) is 18.9. The van der Waals surface area contributed by atoms with Gasteiger partial charge in [0.1, 0.15) is 5.75 Å². The third kappa shape index (κ3) is 4.93. The van der Waals surface area contributed by atoms with Crippen LogP contribution in [0.5, 0.6) is 5.75 Å². The zero-order chi connectivity index (χ0) is 22.8. The van der Waals surface area contributed by atoms with Crippen LogP contribution in [0.25, 0.3) is 11.1 Å². The number of hydrogen-bond acceptors (Lipinski definition) is 3. The van der Waals surface area contributed by atoms with Gasteiger partial charge in [-0.05, 0) is 67.6 Å². The van der Waals surface area contributed by atoms with Gasteiger partial charge in [0.05, 0.1) is 7.11 Å². The minimum Gasteiger partial charge on any atom is -0.496 e. The number of rotatable bonds is 7. The number of piperidine rings is 3. The topological polar surface area (TPSA) is 24.5 Å². The Morgan fingerprint density at radius 1 is 0.970 bits per heavy atom. The van der Waals surface area contributed by atoms with E-state index in [1.807, 2.05) is 24.3 Å². The molecule has 33 heavy (non-hydrogen) atoms. The Morgan fingerprint density at radius 3 is 2.45 bits per heavy atom. The lowest BCUT2D eigenvalue weighted by molar-refractivity contribution is 0.0126. The summed E-state index contributed by atoms with van der Waals surface area (Å²) in [6.45, 7) is 3.25. The lowest BCUT2D eigenvalue weighted by Gasteiger charge is -2.51. The van der Waals surface area contributed by atoms with E-state index in [0.29, 0.717) is 22.1 Å². The highest BCUT2D eigenvalue weighted by Crippen LogP contribution is 2.35. The lowest BCUT2D eigenvalue weighted by Crippen LogP contribution is -2.63. The third-order valence-corrected chi connectivity index (χ3v) is 7.88. The minimum atomic E-state index is 0.489. The van der Waals surface area contributed by atoms with E-state index in [9.17, 15) is 0 Å². The molecule has 5 heteroatoms. The highest BCUT2D eigenvalue weighted by atomic mass is 35.5. The van der Waals surface area contributed by atoms with Crippen LogP contribution in [0.4, 0.5) is 0 Å². The predicted molar refractivity (Wildman–Crippen MR) is 137 cm³/mol. The van der Waals surface area contributed by atoms with E-state index in [1.165, 1.54) is 37.1 Å². The average molecular weight is 481 g/mol. The van der Waals surface area contributed by atoms with Crippen molar-refractivity contribution >= 4 is 23.2 Å². The second-order valence-electron chi connectivity index (χ2n) is 9.18. The first kappa shape index (κ1) is 22.7. The first-order chi connectivity index (χ1) is 16.1. The number of benzene rings is 3. The zero-order valence-corrected chi connectivity index (χ0v) is 20.4. The van der Waals surface area contributed by atoms with Gasteiger partial charge >= 0.3 is 0 Å². The molecule has 1 N–H and O–H groups in total. The highest BCUT2D eigenvalue weighted by Gasteiger charge is 2.41.